The van der Waals surface area contributed by atoms with Crippen LogP contribution in [0.2, 0.25) is 0 Å². The molecule has 4 rings (SSSR count). The second kappa shape index (κ2) is 8.10. The molecule has 6 nitrogen and oxygen atoms in total. The molecule has 1 aliphatic carbocycles. The fourth-order valence-electron chi connectivity index (χ4n) is 4.11. The van der Waals surface area contributed by atoms with Gasteiger partial charge < -0.3 is 25.4 Å². The highest BCUT2D eigenvalue weighted by atomic mass is 16.5. The number of morpholine rings is 1. The first-order valence-corrected chi connectivity index (χ1v) is 9.83. The third kappa shape index (κ3) is 3.78. The summed E-state index contributed by atoms with van der Waals surface area (Å²) in [5.41, 5.74) is 11.1. The first-order valence-electron chi connectivity index (χ1n) is 9.83. The third-order valence-electron chi connectivity index (χ3n) is 5.72. The SMILES string of the molecule is COc1ccc(N)c2c1CCC(C(=O)Nc1ccc(N3CCOCC3)cc1)C2. The minimum Gasteiger partial charge on any atom is -0.496 e. The van der Waals surface area contributed by atoms with Gasteiger partial charge in [0.05, 0.1) is 20.3 Å². The van der Waals surface area contributed by atoms with Crippen molar-refractivity contribution in [1.82, 2.24) is 0 Å². The fraction of sp³-hybridized carbons (Fsp3) is 0.409. The molecule has 6 heteroatoms. The predicted octanol–water partition coefficient (Wildman–Crippen LogP) is 2.86. The molecule has 1 unspecified atom stereocenters. The Balaban J connectivity index is 1.42. The number of carbonyl (C=O) groups is 1. The topological polar surface area (TPSA) is 76.8 Å². The van der Waals surface area contributed by atoms with Gasteiger partial charge in [0.25, 0.3) is 0 Å². The molecule has 1 saturated heterocycles. The van der Waals surface area contributed by atoms with E-state index in [0.29, 0.717) is 6.42 Å². The van der Waals surface area contributed by atoms with Crippen molar-refractivity contribution in [2.75, 3.05) is 49.4 Å². The zero-order valence-electron chi connectivity index (χ0n) is 16.2. The minimum atomic E-state index is -0.0826. The molecule has 0 saturated carbocycles. The van der Waals surface area contributed by atoms with Crippen molar-refractivity contribution in [3.05, 3.63) is 47.5 Å². The van der Waals surface area contributed by atoms with Crippen molar-refractivity contribution in [3.63, 3.8) is 0 Å². The van der Waals surface area contributed by atoms with Crippen LogP contribution >= 0.6 is 0 Å². The number of anilines is 3. The van der Waals surface area contributed by atoms with E-state index in [4.69, 9.17) is 15.2 Å². The van der Waals surface area contributed by atoms with E-state index in [1.54, 1.807) is 7.11 Å². The molecule has 2 aromatic rings. The first-order chi connectivity index (χ1) is 13.7. The molecule has 0 bridgehead atoms. The Hall–Kier alpha value is -2.73. The molecule has 0 aromatic heterocycles. The number of amides is 1. The lowest BCUT2D eigenvalue weighted by Gasteiger charge is -2.29. The Morgan fingerprint density at radius 2 is 1.89 bits per heavy atom. The maximum atomic E-state index is 12.8. The van der Waals surface area contributed by atoms with E-state index in [9.17, 15) is 4.79 Å². The molecular weight excluding hydrogens is 354 g/mol. The zero-order chi connectivity index (χ0) is 19.5. The van der Waals surface area contributed by atoms with Crippen molar-refractivity contribution in [3.8, 4) is 5.75 Å². The lowest BCUT2D eigenvalue weighted by molar-refractivity contribution is -0.120. The van der Waals surface area contributed by atoms with Crippen LogP contribution < -0.4 is 20.7 Å². The summed E-state index contributed by atoms with van der Waals surface area (Å²) in [4.78, 5) is 15.1. The molecule has 2 aromatic carbocycles. The van der Waals surface area contributed by atoms with Crippen LogP contribution in [0.25, 0.3) is 0 Å². The largest absolute Gasteiger partial charge is 0.496 e. The van der Waals surface area contributed by atoms with Gasteiger partial charge in [0.2, 0.25) is 5.91 Å². The number of nitrogens with one attached hydrogen (secondary N) is 1. The number of hydrogen-bond acceptors (Lipinski definition) is 5. The lowest BCUT2D eigenvalue weighted by atomic mass is 9.82. The van der Waals surface area contributed by atoms with Crippen LogP contribution in [0.5, 0.6) is 5.75 Å². The van der Waals surface area contributed by atoms with Crippen LogP contribution in [0, 0.1) is 5.92 Å². The van der Waals surface area contributed by atoms with E-state index in [0.717, 1.165) is 73.1 Å². The number of nitrogen functional groups attached to an aromatic ring is 1. The van der Waals surface area contributed by atoms with Gasteiger partial charge in [-0.25, -0.2) is 0 Å². The Kier molecular flexibility index (Phi) is 5.39. The Bertz CT molecular complexity index is 845. The molecule has 1 heterocycles. The Labute approximate surface area is 165 Å². The van der Waals surface area contributed by atoms with Crippen molar-refractivity contribution in [2.45, 2.75) is 19.3 Å². The summed E-state index contributed by atoms with van der Waals surface area (Å²) in [6.07, 6.45) is 2.25. The predicted molar refractivity (Wildman–Crippen MR) is 111 cm³/mol. The highest BCUT2D eigenvalue weighted by molar-refractivity contribution is 5.93. The quantitative estimate of drug-likeness (QED) is 0.797. The smallest absolute Gasteiger partial charge is 0.227 e. The first kappa shape index (κ1) is 18.6. The van der Waals surface area contributed by atoms with Crippen molar-refractivity contribution < 1.29 is 14.3 Å². The summed E-state index contributed by atoms with van der Waals surface area (Å²) >= 11 is 0. The maximum absolute atomic E-state index is 12.8. The number of nitrogens with two attached hydrogens (primary N) is 1. The second-order valence-corrected chi connectivity index (χ2v) is 7.39. The van der Waals surface area contributed by atoms with Crippen LogP contribution in [0.15, 0.2) is 36.4 Å². The Morgan fingerprint density at radius 1 is 1.14 bits per heavy atom. The van der Waals surface area contributed by atoms with Gasteiger partial charge in [-0.2, -0.15) is 0 Å². The Morgan fingerprint density at radius 3 is 2.61 bits per heavy atom. The summed E-state index contributed by atoms with van der Waals surface area (Å²) in [6, 6.07) is 11.8. The normalized spacial score (nSPS) is 19.0. The van der Waals surface area contributed by atoms with Gasteiger partial charge in [-0.3, -0.25) is 4.79 Å². The van der Waals surface area contributed by atoms with Crippen LogP contribution in [0.4, 0.5) is 17.1 Å². The number of rotatable bonds is 4. The van der Waals surface area contributed by atoms with Gasteiger partial charge in [0, 0.05) is 36.1 Å². The summed E-state index contributed by atoms with van der Waals surface area (Å²) in [7, 11) is 1.67. The molecule has 1 aliphatic heterocycles. The van der Waals surface area contributed by atoms with Crippen molar-refractivity contribution in [1.29, 1.82) is 0 Å². The second-order valence-electron chi connectivity index (χ2n) is 7.39. The van der Waals surface area contributed by atoms with Gasteiger partial charge in [0.1, 0.15) is 5.75 Å². The van der Waals surface area contributed by atoms with Gasteiger partial charge in [-0.05, 0) is 66.8 Å². The maximum Gasteiger partial charge on any atom is 0.227 e. The highest BCUT2D eigenvalue weighted by Gasteiger charge is 2.28. The summed E-state index contributed by atoms with van der Waals surface area (Å²) in [5.74, 6) is 0.828. The molecule has 28 heavy (non-hydrogen) atoms. The number of fused-ring (bicyclic) bond motifs is 1. The van der Waals surface area contributed by atoms with E-state index >= 15 is 0 Å². The minimum absolute atomic E-state index is 0.0481. The highest BCUT2D eigenvalue weighted by Crippen LogP contribution is 2.36. The number of benzene rings is 2. The number of hydrogen-bond donors (Lipinski definition) is 2. The fourth-order valence-corrected chi connectivity index (χ4v) is 4.11. The number of methoxy groups -OCH3 is 1. The molecular formula is C22H27N3O3. The molecule has 0 spiro atoms. The van der Waals surface area contributed by atoms with Gasteiger partial charge in [0.15, 0.2) is 0 Å². The van der Waals surface area contributed by atoms with Crippen LogP contribution in [0.1, 0.15) is 17.5 Å². The van der Waals surface area contributed by atoms with Gasteiger partial charge >= 0.3 is 0 Å². The molecule has 3 N–H and O–H groups in total. The zero-order valence-corrected chi connectivity index (χ0v) is 16.2. The van der Waals surface area contributed by atoms with Gasteiger partial charge in [-0.1, -0.05) is 0 Å². The average Bonchev–Trinajstić information content (AvgIpc) is 2.75. The summed E-state index contributed by atoms with van der Waals surface area (Å²) in [5, 5.41) is 3.07. The van der Waals surface area contributed by atoms with Crippen LogP contribution in [-0.2, 0) is 22.4 Å². The van der Waals surface area contributed by atoms with Crippen molar-refractivity contribution in [2.24, 2.45) is 5.92 Å². The van der Waals surface area contributed by atoms with E-state index in [1.807, 2.05) is 24.3 Å². The molecule has 1 atom stereocenters. The third-order valence-corrected chi connectivity index (χ3v) is 5.72. The standard InChI is InChI=1S/C22H27N3O3/c1-27-21-9-8-20(23)19-14-15(2-7-18(19)21)22(26)24-16-3-5-17(6-4-16)25-10-12-28-13-11-25/h3-6,8-9,15H,2,7,10-14,23H2,1H3,(H,24,26). The summed E-state index contributed by atoms with van der Waals surface area (Å²) in [6.45, 7) is 3.32. The number of nitrogens with zero attached hydrogens (tertiary/aromatic N) is 1. The van der Waals surface area contributed by atoms with Crippen LogP contribution in [0.3, 0.4) is 0 Å². The molecule has 0 radical (unpaired) electrons. The number of ether oxygens (including phenoxy) is 2. The number of carbonyl (C=O) groups excluding carboxylic acids is 1. The lowest BCUT2D eigenvalue weighted by Crippen LogP contribution is -2.36. The molecule has 2 aliphatic rings. The van der Waals surface area contributed by atoms with E-state index in [-0.39, 0.29) is 11.8 Å². The average molecular weight is 381 g/mol. The van der Waals surface area contributed by atoms with Crippen molar-refractivity contribution >= 4 is 23.0 Å². The van der Waals surface area contributed by atoms with E-state index in [2.05, 4.69) is 22.3 Å². The monoisotopic (exact) mass is 381 g/mol. The van der Waals surface area contributed by atoms with Gasteiger partial charge in [-0.15, -0.1) is 0 Å². The van der Waals surface area contributed by atoms with Crippen LogP contribution in [-0.4, -0.2) is 39.3 Å². The molecule has 1 fully saturated rings. The summed E-state index contributed by atoms with van der Waals surface area (Å²) < 4.78 is 10.8. The van der Waals surface area contributed by atoms with E-state index in [1.165, 1.54) is 0 Å². The molecule has 1 amide bonds. The van der Waals surface area contributed by atoms with E-state index < -0.39 is 0 Å². The molecule has 148 valence electrons.